The Balaban J connectivity index is 1.91. The topological polar surface area (TPSA) is 73.6 Å². The van der Waals surface area contributed by atoms with Gasteiger partial charge in [-0.25, -0.2) is 0 Å². The van der Waals surface area contributed by atoms with Crippen molar-refractivity contribution in [2.24, 2.45) is 11.1 Å². The maximum atomic E-state index is 12.0. The zero-order chi connectivity index (χ0) is 15.5. The van der Waals surface area contributed by atoms with Gasteiger partial charge in [-0.2, -0.15) is 0 Å². The third-order valence-corrected chi connectivity index (χ3v) is 3.15. The molecule has 0 aromatic heterocycles. The van der Waals surface area contributed by atoms with Crippen molar-refractivity contribution in [2.75, 3.05) is 18.5 Å². The number of anilines is 1. The highest BCUT2D eigenvalue weighted by molar-refractivity contribution is 5.91. The van der Waals surface area contributed by atoms with Crippen LogP contribution in [-0.2, 0) is 4.79 Å². The van der Waals surface area contributed by atoms with E-state index in [4.69, 9.17) is 15.2 Å². The summed E-state index contributed by atoms with van der Waals surface area (Å²) in [5.74, 6) is 1.30. The van der Waals surface area contributed by atoms with E-state index in [0.717, 1.165) is 6.42 Å². The highest BCUT2D eigenvalue weighted by Crippen LogP contribution is 2.32. The number of nitrogens with two attached hydrogens (primary N) is 1. The Kier molecular flexibility index (Phi) is 4.73. The molecular formula is C16H24N2O3. The minimum absolute atomic E-state index is 0.0802. The van der Waals surface area contributed by atoms with Crippen LogP contribution in [0.4, 0.5) is 5.69 Å². The first-order chi connectivity index (χ1) is 9.83. The molecule has 1 atom stereocenters. The van der Waals surface area contributed by atoms with E-state index in [9.17, 15) is 4.79 Å². The van der Waals surface area contributed by atoms with Crippen LogP contribution >= 0.6 is 0 Å². The zero-order valence-corrected chi connectivity index (χ0v) is 12.9. The smallest absolute Gasteiger partial charge is 0.225 e. The van der Waals surface area contributed by atoms with Gasteiger partial charge in [0.15, 0.2) is 11.5 Å². The molecule has 1 aromatic rings. The predicted molar refractivity (Wildman–Crippen MR) is 82.7 cm³/mol. The van der Waals surface area contributed by atoms with Crippen molar-refractivity contribution < 1.29 is 14.3 Å². The molecule has 5 heteroatoms. The fourth-order valence-electron chi connectivity index (χ4n) is 2.43. The van der Waals surface area contributed by atoms with Crippen molar-refractivity contribution in [2.45, 2.75) is 39.7 Å². The molecule has 21 heavy (non-hydrogen) atoms. The maximum absolute atomic E-state index is 12.0. The summed E-state index contributed by atoms with van der Waals surface area (Å²) in [7, 11) is 0. The molecule has 0 spiro atoms. The van der Waals surface area contributed by atoms with Gasteiger partial charge in [-0.05, 0) is 24.0 Å². The summed E-state index contributed by atoms with van der Waals surface area (Å²) in [6, 6.07) is 5.25. The molecule has 1 aromatic carbocycles. The molecule has 5 nitrogen and oxygen atoms in total. The van der Waals surface area contributed by atoms with E-state index in [1.807, 2.05) is 0 Å². The molecule has 1 aliphatic rings. The van der Waals surface area contributed by atoms with E-state index in [1.165, 1.54) is 0 Å². The molecule has 3 N–H and O–H groups in total. The average molecular weight is 292 g/mol. The minimum Gasteiger partial charge on any atom is -0.486 e. The molecule has 1 unspecified atom stereocenters. The van der Waals surface area contributed by atoms with Crippen molar-refractivity contribution in [3.63, 3.8) is 0 Å². The molecule has 1 heterocycles. The van der Waals surface area contributed by atoms with E-state index in [1.54, 1.807) is 18.2 Å². The molecule has 0 saturated carbocycles. The number of hydrogen-bond donors (Lipinski definition) is 2. The fraction of sp³-hybridized carbons (Fsp3) is 0.562. The van der Waals surface area contributed by atoms with Crippen LogP contribution in [0.3, 0.4) is 0 Å². The lowest BCUT2D eigenvalue weighted by molar-refractivity contribution is -0.116. The zero-order valence-electron chi connectivity index (χ0n) is 12.9. The maximum Gasteiger partial charge on any atom is 0.225 e. The van der Waals surface area contributed by atoms with Gasteiger partial charge in [0, 0.05) is 24.2 Å². The van der Waals surface area contributed by atoms with Gasteiger partial charge in [0.2, 0.25) is 5.91 Å². The number of carbonyl (C=O) groups is 1. The Hall–Kier alpha value is -1.75. The molecule has 1 aliphatic heterocycles. The van der Waals surface area contributed by atoms with Crippen LogP contribution in [0.15, 0.2) is 18.2 Å². The van der Waals surface area contributed by atoms with Crippen molar-refractivity contribution in [1.29, 1.82) is 0 Å². The van der Waals surface area contributed by atoms with Crippen LogP contribution in [0.1, 0.15) is 33.6 Å². The fourth-order valence-corrected chi connectivity index (χ4v) is 2.43. The number of fused-ring (bicyclic) bond motifs is 1. The molecule has 0 bridgehead atoms. The number of hydrogen-bond acceptors (Lipinski definition) is 4. The van der Waals surface area contributed by atoms with Crippen LogP contribution < -0.4 is 20.5 Å². The predicted octanol–water partition coefficient (Wildman–Crippen LogP) is 2.55. The van der Waals surface area contributed by atoms with Gasteiger partial charge < -0.3 is 20.5 Å². The summed E-state index contributed by atoms with van der Waals surface area (Å²) in [5, 5.41) is 2.85. The lowest BCUT2D eigenvalue weighted by atomic mass is 9.87. The largest absolute Gasteiger partial charge is 0.486 e. The van der Waals surface area contributed by atoms with Crippen molar-refractivity contribution in [3.8, 4) is 11.5 Å². The molecule has 0 radical (unpaired) electrons. The quantitative estimate of drug-likeness (QED) is 0.894. The Morgan fingerprint density at radius 3 is 2.62 bits per heavy atom. The second kappa shape index (κ2) is 6.35. The van der Waals surface area contributed by atoms with Crippen LogP contribution in [-0.4, -0.2) is 25.2 Å². The molecule has 2 rings (SSSR count). The van der Waals surface area contributed by atoms with Gasteiger partial charge in [-0.1, -0.05) is 20.8 Å². The monoisotopic (exact) mass is 292 g/mol. The third-order valence-electron chi connectivity index (χ3n) is 3.15. The van der Waals surface area contributed by atoms with Crippen LogP contribution in [0.5, 0.6) is 11.5 Å². The number of carbonyl (C=O) groups excluding carboxylic acids is 1. The SMILES string of the molecule is CC(C)(C)CC(N)CC(=O)Nc1ccc2c(c1)OCCO2. The number of benzene rings is 1. The number of nitrogens with one attached hydrogen (secondary N) is 1. The molecule has 0 fully saturated rings. The highest BCUT2D eigenvalue weighted by Gasteiger charge is 2.19. The summed E-state index contributed by atoms with van der Waals surface area (Å²) < 4.78 is 10.9. The Morgan fingerprint density at radius 1 is 1.29 bits per heavy atom. The van der Waals surface area contributed by atoms with Crippen molar-refractivity contribution >= 4 is 11.6 Å². The summed E-state index contributed by atoms with van der Waals surface area (Å²) in [5.41, 5.74) is 6.84. The molecule has 0 aliphatic carbocycles. The van der Waals surface area contributed by atoms with E-state index in [0.29, 0.717) is 36.8 Å². The molecule has 116 valence electrons. The molecular weight excluding hydrogens is 268 g/mol. The summed E-state index contributed by atoms with van der Waals surface area (Å²) in [6.07, 6.45) is 1.12. The first-order valence-corrected chi connectivity index (χ1v) is 7.28. The van der Waals surface area contributed by atoms with Gasteiger partial charge in [0.1, 0.15) is 13.2 Å². The summed E-state index contributed by atoms with van der Waals surface area (Å²) >= 11 is 0. The number of amides is 1. The van der Waals surface area contributed by atoms with E-state index < -0.39 is 0 Å². The second-order valence-corrected chi connectivity index (χ2v) is 6.64. The molecule has 0 saturated heterocycles. The lowest BCUT2D eigenvalue weighted by Gasteiger charge is -2.23. The standard InChI is InChI=1S/C16H24N2O3/c1-16(2,3)10-11(17)8-15(19)18-12-4-5-13-14(9-12)21-7-6-20-13/h4-5,9,11H,6-8,10,17H2,1-3H3,(H,18,19). The van der Waals surface area contributed by atoms with Crippen LogP contribution in [0.2, 0.25) is 0 Å². The Labute approximate surface area is 125 Å². The first kappa shape index (κ1) is 15.6. The summed E-state index contributed by atoms with van der Waals surface area (Å²) in [4.78, 5) is 12.0. The van der Waals surface area contributed by atoms with Gasteiger partial charge in [-0.3, -0.25) is 4.79 Å². The van der Waals surface area contributed by atoms with Gasteiger partial charge in [-0.15, -0.1) is 0 Å². The Bertz CT molecular complexity index is 509. The van der Waals surface area contributed by atoms with Gasteiger partial charge >= 0.3 is 0 Å². The first-order valence-electron chi connectivity index (χ1n) is 7.28. The van der Waals surface area contributed by atoms with Gasteiger partial charge in [0.25, 0.3) is 0 Å². The van der Waals surface area contributed by atoms with Gasteiger partial charge in [0.05, 0.1) is 0 Å². The van der Waals surface area contributed by atoms with Crippen LogP contribution in [0, 0.1) is 5.41 Å². The lowest BCUT2D eigenvalue weighted by Crippen LogP contribution is -2.31. The highest BCUT2D eigenvalue weighted by atomic mass is 16.6. The molecule has 1 amide bonds. The normalized spacial score (nSPS) is 15.4. The average Bonchev–Trinajstić information content (AvgIpc) is 2.35. The van der Waals surface area contributed by atoms with Crippen molar-refractivity contribution in [3.05, 3.63) is 18.2 Å². The van der Waals surface area contributed by atoms with E-state index in [-0.39, 0.29) is 17.4 Å². The van der Waals surface area contributed by atoms with E-state index in [2.05, 4.69) is 26.1 Å². The van der Waals surface area contributed by atoms with Crippen LogP contribution in [0.25, 0.3) is 0 Å². The number of ether oxygens (including phenoxy) is 2. The Morgan fingerprint density at radius 2 is 1.95 bits per heavy atom. The third kappa shape index (κ3) is 4.93. The second-order valence-electron chi connectivity index (χ2n) is 6.64. The summed E-state index contributed by atoms with van der Waals surface area (Å²) in [6.45, 7) is 7.43. The minimum atomic E-state index is -0.137. The number of rotatable bonds is 4. The van der Waals surface area contributed by atoms with Crippen molar-refractivity contribution in [1.82, 2.24) is 0 Å². The van der Waals surface area contributed by atoms with E-state index >= 15 is 0 Å².